The minimum absolute atomic E-state index is 0.0414. The zero-order chi connectivity index (χ0) is 20.3. The highest BCUT2D eigenvalue weighted by Crippen LogP contribution is 2.36. The topological polar surface area (TPSA) is 59.0 Å². The van der Waals surface area contributed by atoms with Gasteiger partial charge in [0.25, 0.3) is 0 Å². The average molecular weight is 386 g/mol. The lowest BCUT2D eigenvalue weighted by molar-refractivity contribution is 0.445. The number of hydrogen-bond donors (Lipinski definition) is 3. The fraction of sp³-hybridized carbons (Fsp3) is 0.286. The van der Waals surface area contributed by atoms with Crippen molar-refractivity contribution in [1.29, 1.82) is 0 Å². The molecule has 0 aliphatic carbocycles. The quantitative estimate of drug-likeness (QED) is 0.676. The summed E-state index contributed by atoms with van der Waals surface area (Å²) >= 11 is 5.51. The third-order valence-corrected chi connectivity index (χ3v) is 4.88. The smallest absolute Gasteiger partial charge is 0.177 e. The third-order valence-electron chi connectivity index (χ3n) is 4.50. The van der Waals surface area contributed by atoms with Gasteiger partial charge in [-0.25, -0.2) is 0 Å². The van der Waals surface area contributed by atoms with Gasteiger partial charge in [-0.2, -0.15) is 0 Å². The summed E-state index contributed by atoms with van der Waals surface area (Å²) in [7, 11) is 5.74. The number of aryl methyl sites for hydroxylation is 2. The number of benzene rings is 2. The molecule has 0 aliphatic rings. The molecule has 0 atom stereocenters. The third kappa shape index (κ3) is 4.17. The number of phenols is 2. The number of nitrogens with one attached hydrogen (secondary N) is 1. The molecule has 0 bridgehead atoms. The lowest BCUT2D eigenvalue weighted by atomic mass is 10.0. The molecular formula is C21H27N3O2S. The molecule has 144 valence electrons. The van der Waals surface area contributed by atoms with Crippen molar-refractivity contribution in [3.63, 3.8) is 0 Å². The molecule has 5 nitrogen and oxygen atoms in total. The molecule has 0 saturated heterocycles. The van der Waals surface area contributed by atoms with Crippen LogP contribution in [0, 0.1) is 6.92 Å². The first kappa shape index (κ1) is 20.6. The SMILES string of the molecule is C=C(c1cc(CC)c(O)cc1O)N(C(=S)NC)c1ccc(N(C)C)c(C)c1. The fourth-order valence-corrected chi connectivity index (χ4v) is 3.26. The van der Waals surface area contributed by atoms with Gasteiger partial charge in [0.15, 0.2) is 5.11 Å². The van der Waals surface area contributed by atoms with Crippen LogP contribution < -0.4 is 15.1 Å². The molecule has 0 fully saturated rings. The largest absolute Gasteiger partial charge is 0.508 e. The monoisotopic (exact) mass is 385 g/mol. The second-order valence-corrected chi connectivity index (χ2v) is 6.94. The summed E-state index contributed by atoms with van der Waals surface area (Å²) in [5, 5.41) is 23.8. The van der Waals surface area contributed by atoms with Gasteiger partial charge in [-0.3, -0.25) is 4.90 Å². The Balaban J connectivity index is 2.57. The molecule has 27 heavy (non-hydrogen) atoms. The first-order chi connectivity index (χ1) is 12.7. The lowest BCUT2D eigenvalue weighted by Crippen LogP contribution is -2.36. The summed E-state index contributed by atoms with van der Waals surface area (Å²) in [4.78, 5) is 3.83. The predicted octanol–water partition coefficient (Wildman–Crippen LogP) is 4.02. The van der Waals surface area contributed by atoms with Gasteiger partial charge in [0.2, 0.25) is 0 Å². The van der Waals surface area contributed by atoms with Gasteiger partial charge >= 0.3 is 0 Å². The number of anilines is 2. The number of phenolic OH excluding ortho intramolecular Hbond substituents is 2. The molecule has 2 aromatic carbocycles. The van der Waals surface area contributed by atoms with Crippen molar-refractivity contribution < 1.29 is 10.2 Å². The minimum Gasteiger partial charge on any atom is -0.508 e. The van der Waals surface area contributed by atoms with Gasteiger partial charge in [-0.15, -0.1) is 0 Å². The summed E-state index contributed by atoms with van der Waals surface area (Å²) in [6.07, 6.45) is 0.638. The van der Waals surface area contributed by atoms with E-state index < -0.39 is 0 Å². The van der Waals surface area contributed by atoms with Crippen molar-refractivity contribution in [1.82, 2.24) is 5.32 Å². The molecule has 0 saturated carbocycles. The Labute approximate surface area is 166 Å². The van der Waals surface area contributed by atoms with Gasteiger partial charge in [-0.05, 0) is 61.0 Å². The van der Waals surface area contributed by atoms with Gasteiger partial charge in [-0.1, -0.05) is 13.5 Å². The Bertz CT molecular complexity index is 878. The van der Waals surface area contributed by atoms with Crippen molar-refractivity contribution in [2.24, 2.45) is 0 Å². The van der Waals surface area contributed by atoms with Crippen LogP contribution in [0.4, 0.5) is 11.4 Å². The number of rotatable bonds is 5. The van der Waals surface area contributed by atoms with E-state index in [-0.39, 0.29) is 11.5 Å². The molecule has 0 unspecified atom stereocenters. The molecule has 0 radical (unpaired) electrons. The van der Waals surface area contributed by atoms with E-state index in [1.54, 1.807) is 18.0 Å². The van der Waals surface area contributed by atoms with Gasteiger partial charge in [0.1, 0.15) is 11.5 Å². The Morgan fingerprint density at radius 2 is 1.81 bits per heavy atom. The van der Waals surface area contributed by atoms with E-state index in [0.717, 1.165) is 22.5 Å². The zero-order valence-corrected chi connectivity index (χ0v) is 17.3. The summed E-state index contributed by atoms with van der Waals surface area (Å²) in [6.45, 7) is 8.15. The highest BCUT2D eigenvalue weighted by Gasteiger charge is 2.21. The maximum absolute atomic E-state index is 10.4. The first-order valence-corrected chi connectivity index (χ1v) is 9.16. The standard InChI is InChI=1S/C21H27N3O2S/c1-7-15-11-17(20(26)12-19(15)25)14(3)24(21(27)22-4)16-8-9-18(23(5)6)13(2)10-16/h8-12,25-26H,3,7H2,1-2,4-6H3,(H,22,27). The van der Waals surface area contributed by atoms with E-state index in [0.29, 0.717) is 22.8 Å². The van der Waals surface area contributed by atoms with Gasteiger partial charge in [0, 0.05) is 44.1 Å². The van der Waals surface area contributed by atoms with Crippen molar-refractivity contribution in [2.75, 3.05) is 30.9 Å². The van der Waals surface area contributed by atoms with Crippen LogP contribution in [0.15, 0.2) is 36.9 Å². The Morgan fingerprint density at radius 3 is 2.33 bits per heavy atom. The van der Waals surface area contributed by atoms with Gasteiger partial charge in [0.05, 0.1) is 5.70 Å². The van der Waals surface area contributed by atoms with Crippen LogP contribution in [0.2, 0.25) is 0 Å². The predicted molar refractivity (Wildman–Crippen MR) is 118 cm³/mol. The van der Waals surface area contributed by atoms with Gasteiger partial charge < -0.3 is 20.4 Å². The second-order valence-electron chi connectivity index (χ2n) is 6.55. The number of hydrogen-bond acceptors (Lipinski definition) is 4. The molecule has 0 aromatic heterocycles. The van der Waals surface area contributed by atoms with E-state index in [2.05, 4.69) is 11.9 Å². The van der Waals surface area contributed by atoms with Crippen LogP contribution in [-0.4, -0.2) is 36.5 Å². The normalized spacial score (nSPS) is 10.4. The summed E-state index contributed by atoms with van der Waals surface area (Å²) in [5.74, 6) is 0.0284. The van der Waals surface area contributed by atoms with E-state index >= 15 is 0 Å². The first-order valence-electron chi connectivity index (χ1n) is 8.75. The molecule has 6 heteroatoms. The summed E-state index contributed by atoms with van der Waals surface area (Å²) in [5.41, 5.74) is 4.83. The maximum atomic E-state index is 10.4. The Morgan fingerprint density at radius 1 is 1.15 bits per heavy atom. The summed E-state index contributed by atoms with van der Waals surface area (Å²) < 4.78 is 0. The van der Waals surface area contributed by atoms with Crippen LogP contribution in [0.3, 0.4) is 0 Å². The highest BCUT2D eigenvalue weighted by atomic mass is 32.1. The second kappa shape index (κ2) is 8.31. The van der Waals surface area contributed by atoms with Crippen LogP contribution in [0.5, 0.6) is 11.5 Å². The van der Waals surface area contributed by atoms with E-state index in [1.165, 1.54) is 6.07 Å². The lowest BCUT2D eigenvalue weighted by Gasteiger charge is -2.29. The molecule has 3 N–H and O–H groups in total. The number of aromatic hydroxyl groups is 2. The van der Waals surface area contributed by atoms with Crippen LogP contribution >= 0.6 is 12.2 Å². The fourth-order valence-electron chi connectivity index (χ4n) is 3.04. The summed E-state index contributed by atoms with van der Waals surface area (Å²) in [6, 6.07) is 9.12. The molecular weight excluding hydrogens is 358 g/mol. The van der Waals surface area contributed by atoms with Crippen molar-refractivity contribution in [3.8, 4) is 11.5 Å². The van der Waals surface area contributed by atoms with Crippen molar-refractivity contribution in [3.05, 3.63) is 53.6 Å². The molecule has 0 spiro atoms. The van der Waals surface area contributed by atoms with Crippen LogP contribution in [0.1, 0.15) is 23.6 Å². The Kier molecular flexibility index (Phi) is 6.33. The van der Waals surface area contributed by atoms with E-state index in [9.17, 15) is 10.2 Å². The molecule has 2 aromatic rings. The Hall–Kier alpha value is -2.73. The zero-order valence-electron chi connectivity index (χ0n) is 16.5. The minimum atomic E-state index is -0.0414. The molecule has 0 amide bonds. The van der Waals surface area contributed by atoms with Crippen molar-refractivity contribution >= 4 is 34.4 Å². The van der Waals surface area contributed by atoms with E-state index in [1.807, 2.05) is 51.0 Å². The number of nitrogens with zero attached hydrogens (tertiary/aromatic N) is 2. The maximum Gasteiger partial charge on any atom is 0.177 e. The highest BCUT2D eigenvalue weighted by molar-refractivity contribution is 7.80. The average Bonchev–Trinajstić information content (AvgIpc) is 2.61. The van der Waals surface area contributed by atoms with Crippen LogP contribution in [-0.2, 0) is 6.42 Å². The van der Waals surface area contributed by atoms with E-state index in [4.69, 9.17) is 12.2 Å². The number of thiocarbonyl (C=S) groups is 1. The molecule has 0 heterocycles. The molecule has 2 rings (SSSR count). The van der Waals surface area contributed by atoms with Crippen LogP contribution in [0.25, 0.3) is 5.70 Å². The molecule has 0 aliphatic heterocycles. The van der Waals surface area contributed by atoms with Crippen molar-refractivity contribution in [2.45, 2.75) is 20.3 Å².